The number of carbonyl (C=O) groups is 2. The van der Waals surface area contributed by atoms with Gasteiger partial charge in [-0.3, -0.25) is 0 Å². The van der Waals surface area contributed by atoms with Crippen LogP contribution in [0.4, 0.5) is 4.79 Å². The molecule has 0 bridgehead atoms. The number of nitrogens with one attached hydrogen (secondary N) is 1. The van der Waals surface area contributed by atoms with E-state index in [-0.39, 0.29) is 18.1 Å². The third-order valence-corrected chi connectivity index (χ3v) is 9.34. The monoisotopic (exact) mass is 487 g/mol. The van der Waals surface area contributed by atoms with E-state index in [2.05, 4.69) is 5.32 Å². The highest BCUT2D eigenvalue weighted by atomic mass is 32.2. The Morgan fingerprint density at radius 3 is 2.44 bits per heavy atom. The van der Waals surface area contributed by atoms with Crippen molar-refractivity contribution in [3.8, 4) is 0 Å². The Kier molecular flexibility index (Phi) is 7.53. The molecule has 0 saturated carbocycles. The average Bonchev–Trinajstić information content (AvgIpc) is 3.41. The Hall–Kier alpha value is -1.69. The molecule has 2 aliphatic heterocycles. The number of hydrogen-bond donors (Lipinski definition) is 1. The molecule has 1 unspecified atom stereocenters. The van der Waals surface area contributed by atoms with Crippen molar-refractivity contribution in [3.05, 3.63) is 17.5 Å². The van der Waals surface area contributed by atoms with Crippen molar-refractivity contribution in [1.82, 2.24) is 14.5 Å². The maximum absolute atomic E-state index is 12.9. The lowest BCUT2D eigenvalue weighted by Gasteiger charge is -2.38. The van der Waals surface area contributed by atoms with Gasteiger partial charge < -0.3 is 19.7 Å². The van der Waals surface area contributed by atoms with Crippen LogP contribution in [0.25, 0.3) is 0 Å². The number of esters is 1. The third kappa shape index (κ3) is 5.81. The fourth-order valence-electron chi connectivity index (χ4n) is 4.14. The predicted octanol–water partition coefficient (Wildman–Crippen LogP) is 2.29. The highest BCUT2D eigenvalue weighted by molar-refractivity contribution is 7.91. The van der Waals surface area contributed by atoms with Gasteiger partial charge in [-0.05, 0) is 56.9 Å². The molecule has 0 aliphatic carbocycles. The molecule has 0 radical (unpaired) electrons. The number of thiophene rings is 1. The van der Waals surface area contributed by atoms with Gasteiger partial charge in [0.15, 0.2) is 6.04 Å². The number of carbonyl (C=O) groups excluding carboxylic acids is 2. The van der Waals surface area contributed by atoms with Gasteiger partial charge in [0.25, 0.3) is 10.0 Å². The first kappa shape index (κ1) is 24.9. The summed E-state index contributed by atoms with van der Waals surface area (Å²) in [4.78, 5) is 26.7. The first-order chi connectivity index (χ1) is 15.0. The van der Waals surface area contributed by atoms with Gasteiger partial charge in [-0.1, -0.05) is 6.07 Å². The van der Waals surface area contributed by atoms with E-state index in [4.69, 9.17) is 9.47 Å². The van der Waals surface area contributed by atoms with Crippen molar-refractivity contribution in [2.24, 2.45) is 5.41 Å². The van der Waals surface area contributed by atoms with Gasteiger partial charge >= 0.3 is 12.0 Å². The maximum Gasteiger partial charge on any atom is 0.330 e. The molecule has 3 heterocycles. The van der Waals surface area contributed by atoms with Crippen molar-refractivity contribution in [2.45, 2.75) is 55.9 Å². The third-order valence-electron chi connectivity index (χ3n) is 6.06. The van der Waals surface area contributed by atoms with Crippen molar-refractivity contribution >= 4 is 33.4 Å². The van der Waals surface area contributed by atoms with E-state index in [1.165, 1.54) is 18.4 Å². The average molecular weight is 488 g/mol. The SMILES string of the molecule is COC(=O)C(COC(C)(C)C)NC(=O)N1CCC2(CCN(S(=O)(=O)c3cccs3)CC2)C1. The summed E-state index contributed by atoms with van der Waals surface area (Å²) >= 11 is 1.23. The van der Waals surface area contributed by atoms with E-state index >= 15 is 0 Å². The predicted molar refractivity (Wildman–Crippen MR) is 121 cm³/mol. The van der Waals surface area contributed by atoms with Gasteiger partial charge in [0.1, 0.15) is 4.21 Å². The summed E-state index contributed by atoms with van der Waals surface area (Å²) in [6.07, 6.45) is 2.22. The first-order valence-corrected chi connectivity index (χ1v) is 13.1. The van der Waals surface area contributed by atoms with Gasteiger partial charge in [-0.2, -0.15) is 4.31 Å². The molecule has 3 rings (SSSR count). The normalized spacial score (nSPS) is 20.3. The van der Waals surface area contributed by atoms with Gasteiger partial charge in [0.05, 0.1) is 19.3 Å². The molecule has 1 N–H and O–H groups in total. The smallest absolute Gasteiger partial charge is 0.330 e. The summed E-state index contributed by atoms with van der Waals surface area (Å²) in [7, 11) is -2.17. The number of piperidine rings is 1. The highest BCUT2D eigenvalue weighted by Crippen LogP contribution is 2.41. The molecule has 2 fully saturated rings. The lowest BCUT2D eigenvalue weighted by Crippen LogP contribution is -2.51. The summed E-state index contributed by atoms with van der Waals surface area (Å²) in [6.45, 7) is 7.64. The maximum atomic E-state index is 12.9. The summed E-state index contributed by atoms with van der Waals surface area (Å²) in [5.74, 6) is -0.552. The standard InChI is InChI=1S/C21H33N3O6S2/c1-20(2,3)30-14-16(18(25)29-4)22-19(26)23-10-7-21(15-23)8-11-24(12-9-21)32(27,28)17-6-5-13-31-17/h5-6,13,16H,7-12,14-15H2,1-4H3,(H,22,26). The summed E-state index contributed by atoms with van der Waals surface area (Å²) in [5, 5.41) is 4.50. The summed E-state index contributed by atoms with van der Waals surface area (Å²) in [5.41, 5.74) is -0.548. The zero-order valence-corrected chi connectivity index (χ0v) is 20.8. The second-order valence-electron chi connectivity index (χ2n) is 9.46. The van der Waals surface area contributed by atoms with Crippen molar-refractivity contribution in [3.63, 3.8) is 0 Å². The van der Waals surface area contributed by atoms with Crippen molar-refractivity contribution in [1.29, 1.82) is 0 Å². The molecular weight excluding hydrogens is 454 g/mol. The molecule has 32 heavy (non-hydrogen) atoms. The minimum atomic E-state index is -3.45. The lowest BCUT2D eigenvalue weighted by molar-refractivity contribution is -0.146. The van der Waals surface area contributed by atoms with Crippen LogP contribution < -0.4 is 5.32 Å². The van der Waals surface area contributed by atoms with Crippen LogP contribution in [0, 0.1) is 5.41 Å². The molecular formula is C21H33N3O6S2. The molecule has 1 spiro atoms. The van der Waals surface area contributed by atoms with Crippen LogP contribution in [0.15, 0.2) is 21.7 Å². The van der Waals surface area contributed by atoms with Gasteiger partial charge in [-0.25, -0.2) is 18.0 Å². The minimum absolute atomic E-state index is 0.0242. The molecule has 1 aromatic heterocycles. The van der Waals surface area contributed by atoms with Crippen molar-refractivity contribution < 1.29 is 27.5 Å². The van der Waals surface area contributed by atoms with Crippen LogP contribution >= 0.6 is 11.3 Å². The number of likely N-dealkylation sites (tertiary alicyclic amines) is 1. The fourth-order valence-corrected chi connectivity index (χ4v) is 6.73. The Balaban J connectivity index is 1.56. The van der Waals surface area contributed by atoms with Gasteiger partial charge in [-0.15, -0.1) is 11.3 Å². The summed E-state index contributed by atoms with van der Waals surface area (Å²) in [6, 6.07) is 2.15. The number of nitrogens with zero attached hydrogens (tertiary/aromatic N) is 2. The lowest BCUT2D eigenvalue weighted by atomic mass is 9.78. The second kappa shape index (κ2) is 9.66. The number of methoxy groups -OCH3 is 1. The molecule has 9 nitrogen and oxygen atoms in total. The van der Waals surface area contributed by atoms with E-state index in [0.29, 0.717) is 43.2 Å². The Bertz CT molecular complexity index is 902. The topological polar surface area (TPSA) is 105 Å². The molecule has 11 heteroatoms. The van der Waals surface area contributed by atoms with Crippen LogP contribution in [0.3, 0.4) is 0 Å². The van der Waals surface area contributed by atoms with Crippen LogP contribution in [-0.4, -0.2) is 81.2 Å². The Labute approximate surface area is 194 Å². The molecule has 2 aliphatic rings. The zero-order chi connectivity index (χ0) is 23.6. The van der Waals surface area contributed by atoms with Crippen LogP contribution in [0.1, 0.15) is 40.0 Å². The Morgan fingerprint density at radius 1 is 1.22 bits per heavy atom. The van der Waals surface area contributed by atoms with E-state index < -0.39 is 27.6 Å². The van der Waals surface area contributed by atoms with Crippen LogP contribution in [0.5, 0.6) is 0 Å². The number of ether oxygens (including phenoxy) is 2. The highest BCUT2D eigenvalue weighted by Gasteiger charge is 2.44. The minimum Gasteiger partial charge on any atom is -0.467 e. The zero-order valence-electron chi connectivity index (χ0n) is 19.1. The molecule has 1 aromatic rings. The summed E-state index contributed by atoms with van der Waals surface area (Å²) < 4.78 is 37.9. The van der Waals surface area contributed by atoms with Crippen molar-refractivity contribution in [2.75, 3.05) is 39.9 Å². The molecule has 2 amide bonds. The quantitative estimate of drug-likeness (QED) is 0.618. The largest absolute Gasteiger partial charge is 0.467 e. The van der Waals surface area contributed by atoms with Crippen LogP contribution in [0.2, 0.25) is 0 Å². The first-order valence-electron chi connectivity index (χ1n) is 10.8. The molecule has 2 saturated heterocycles. The number of hydrogen-bond acceptors (Lipinski definition) is 7. The molecule has 0 aromatic carbocycles. The van der Waals surface area contributed by atoms with E-state index in [1.54, 1.807) is 26.7 Å². The van der Waals surface area contributed by atoms with E-state index in [1.807, 2.05) is 20.8 Å². The molecule has 180 valence electrons. The van der Waals surface area contributed by atoms with Crippen LogP contribution in [-0.2, 0) is 24.3 Å². The number of urea groups is 1. The van der Waals surface area contributed by atoms with Gasteiger partial charge in [0.2, 0.25) is 0 Å². The van der Waals surface area contributed by atoms with E-state index in [9.17, 15) is 18.0 Å². The molecule has 1 atom stereocenters. The van der Waals surface area contributed by atoms with E-state index in [0.717, 1.165) is 6.42 Å². The number of amides is 2. The van der Waals surface area contributed by atoms with Gasteiger partial charge in [0, 0.05) is 26.2 Å². The second-order valence-corrected chi connectivity index (χ2v) is 12.6. The number of rotatable bonds is 6. The fraction of sp³-hybridized carbons (Fsp3) is 0.714. The Morgan fingerprint density at radius 2 is 1.88 bits per heavy atom. The number of sulfonamides is 1.